The van der Waals surface area contributed by atoms with E-state index in [4.69, 9.17) is 0 Å². The molecule has 2 rings (SSSR count). The van der Waals surface area contributed by atoms with Crippen molar-refractivity contribution in [2.45, 2.75) is 39.5 Å². The monoisotopic (exact) mass is 315 g/mol. The van der Waals surface area contributed by atoms with Gasteiger partial charge in [-0.3, -0.25) is 9.59 Å². The highest BCUT2D eigenvalue weighted by atomic mass is 32.1. The minimum atomic E-state index is -0.110. The van der Waals surface area contributed by atoms with E-state index in [1.54, 1.807) is 6.07 Å². The number of Topliss-reactive ketones (excluding diaryl/α,β-unsaturated/α-hetero) is 1. The molecule has 0 aliphatic carbocycles. The van der Waals surface area contributed by atoms with Gasteiger partial charge in [0.15, 0.2) is 5.78 Å². The Hall–Kier alpha value is -1.94. The van der Waals surface area contributed by atoms with E-state index in [9.17, 15) is 9.59 Å². The number of carbonyl (C=O) groups excluding carboxylic acids is 2. The summed E-state index contributed by atoms with van der Waals surface area (Å²) in [5.41, 5.74) is 3.05. The van der Waals surface area contributed by atoms with E-state index in [1.807, 2.05) is 36.6 Å². The second-order valence-corrected chi connectivity index (χ2v) is 6.59. The molecule has 0 aliphatic heterocycles. The summed E-state index contributed by atoms with van der Waals surface area (Å²) in [7, 11) is 0. The van der Waals surface area contributed by atoms with Crippen LogP contribution in [0.1, 0.15) is 53.4 Å². The highest BCUT2D eigenvalue weighted by Crippen LogP contribution is 2.27. The van der Waals surface area contributed by atoms with E-state index in [1.165, 1.54) is 11.3 Å². The summed E-state index contributed by atoms with van der Waals surface area (Å²) in [6, 6.07) is 9.66. The van der Waals surface area contributed by atoms with Crippen molar-refractivity contribution in [1.29, 1.82) is 0 Å². The van der Waals surface area contributed by atoms with Gasteiger partial charge in [-0.15, -0.1) is 11.3 Å². The highest BCUT2D eigenvalue weighted by Gasteiger charge is 2.14. The maximum absolute atomic E-state index is 12.2. The Morgan fingerprint density at radius 2 is 1.91 bits per heavy atom. The van der Waals surface area contributed by atoms with Crippen LogP contribution in [-0.4, -0.2) is 11.7 Å². The van der Waals surface area contributed by atoms with E-state index in [2.05, 4.69) is 19.2 Å². The van der Waals surface area contributed by atoms with Crippen molar-refractivity contribution < 1.29 is 9.59 Å². The molecule has 4 heteroatoms. The van der Waals surface area contributed by atoms with E-state index in [0.29, 0.717) is 10.8 Å². The number of para-hydroxylation sites is 1. The average molecular weight is 315 g/mol. The number of ketones is 1. The molecule has 0 fully saturated rings. The minimum Gasteiger partial charge on any atom is -0.326 e. The molecule has 0 atom stereocenters. The van der Waals surface area contributed by atoms with Crippen LogP contribution in [0.25, 0.3) is 0 Å². The maximum Gasteiger partial charge on any atom is 0.224 e. The lowest BCUT2D eigenvalue weighted by Gasteiger charge is -2.16. The summed E-state index contributed by atoms with van der Waals surface area (Å²) in [5.74, 6) is 0.253. The van der Waals surface area contributed by atoms with Gasteiger partial charge in [-0.1, -0.05) is 38.1 Å². The first-order chi connectivity index (χ1) is 10.5. The molecule has 0 saturated heterocycles. The van der Waals surface area contributed by atoms with Crippen LogP contribution in [0, 0.1) is 6.92 Å². The zero-order chi connectivity index (χ0) is 16.1. The van der Waals surface area contributed by atoms with Crippen LogP contribution in [0.3, 0.4) is 0 Å². The van der Waals surface area contributed by atoms with Crippen molar-refractivity contribution in [3.63, 3.8) is 0 Å². The molecule has 1 aromatic carbocycles. The lowest BCUT2D eigenvalue weighted by atomic mass is 9.98. The number of aryl methyl sites for hydroxylation is 1. The molecule has 1 amide bonds. The van der Waals surface area contributed by atoms with Crippen LogP contribution in [0.15, 0.2) is 35.7 Å². The number of amides is 1. The second-order valence-electron chi connectivity index (χ2n) is 5.64. The molecule has 22 heavy (non-hydrogen) atoms. The van der Waals surface area contributed by atoms with Crippen molar-refractivity contribution >= 4 is 28.7 Å². The molecule has 0 aliphatic rings. The third-order valence-corrected chi connectivity index (χ3v) is 4.48. The average Bonchev–Trinajstić information content (AvgIpc) is 3.01. The third-order valence-electron chi connectivity index (χ3n) is 3.57. The third kappa shape index (κ3) is 4.04. The number of rotatable bonds is 6. The molecule has 0 bridgehead atoms. The van der Waals surface area contributed by atoms with E-state index in [0.717, 1.165) is 16.8 Å². The molecular weight excluding hydrogens is 294 g/mol. The predicted molar refractivity (Wildman–Crippen MR) is 91.8 cm³/mol. The Balaban J connectivity index is 1.99. The van der Waals surface area contributed by atoms with Crippen molar-refractivity contribution in [2.24, 2.45) is 0 Å². The fourth-order valence-corrected chi connectivity index (χ4v) is 3.03. The molecule has 116 valence electrons. The topological polar surface area (TPSA) is 46.2 Å². The van der Waals surface area contributed by atoms with Crippen molar-refractivity contribution in [2.75, 3.05) is 5.32 Å². The smallest absolute Gasteiger partial charge is 0.224 e. The first-order valence-electron chi connectivity index (χ1n) is 7.45. The van der Waals surface area contributed by atoms with Crippen LogP contribution in [0.5, 0.6) is 0 Å². The lowest BCUT2D eigenvalue weighted by molar-refractivity contribution is -0.116. The highest BCUT2D eigenvalue weighted by molar-refractivity contribution is 7.12. The SMILES string of the molecule is Cc1cccc(C(C)C)c1NC(=O)CCC(=O)c1cccs1. The lowest BCUT2D eigenvalue weighted by Crippen LogP contribution is -2.15. The van der Waals surface area contributed by atoms with E-state index < -0.39 is 0 Å². The number of nitrogens with one attached hydrogen (secondary N) is 1. The van der Waals surface area contributed by atoms with Crippen molar-refractivity contribution in [1.82, 2.24) is 0 Å². The molecule has 3 nitrogen and oxygen atoms in total. The van der Waals surface area contributed by atoms with Gasteiger partial charge in [0.1, 0.15) is 0 Å². The van der Waals surface area contributed by atoms with Gasteiger partial charge in [-0.25, -0.2) is 0 Å². The van der Waals surface area contributed by atoms with Gasteiger partial charge >= 0.3 is 0 Å². The normalized spacial score (nSPS) is 10.7. The van der Waals surface area contributed by atoms with Gasteiger partial charge in [0, 0.05) is 18.5 Å². The second kappa shape index (κ2) is 7.36. The summed E-state index contributed by atoms with van der Waals surface area (Å²) in [6.45, 7) is 6.19. The molecular formula is C18H21NO2S. The molecule has 1 N–H and O–H groups in total. The zero-order valence-corrected chi connectivity index (χ0v) is 14.0. The van der Waals surface area contributed by atoms with Crippen LogP contribution in [0.4, 0.5) is 5.69 Å². The quantitative estimate of drug-likeness (QED) is 0.780. The van der Waals surface area contributed by atoms with Crippen molar-refractivity contribution in [3.05, 3.63) is 51.7 Å². The zero-order valence-electron chi connectivity index (χ0n) is 13.2. The first kappa shape index (κ1) is 16.4. The van der Waals surface area contributed by atoms with E-state index >= 15 is 0 Å². The fraction of sp³-hybridized carbons (Fsp3) is 0.333. The number of benzene rings is 1. The fourth-order valence-electron chi connectivity index (χ4n) is 2.33. The first-order valence-corrected chi connectivity index (χ1v) is 8.33. The summed E-state index contributed by atoms with van der Waals surface area (Å²) in [5, 5.41) is 4.84. The Morgan fingerprint density at radius 3 is 2.55 bits per heavy atom. The van der Waals surface area contributed by atoms with Crippen LogP contribution in [-0.2, 0) is 4.79 Å². The molecule has 1 heterocycles. The maximum atomic E-state index is 12.2. The minimum absolute atomic E-state index is 0.0269. The summed E-state index contributed by atoms with van der Waals surface area (Å²) in [6.07, 6.45) is 0.456. The summed E-state index contributed by atoms with van der Waals surface area (Å²) < 4.78 is 0. The van der Waals surface area contributed by atoms with Crippen LogP contribution >= 0.6 is 11.3 Å². The summed E-state index contributed by atoms with van der Waals surface area (Å²) in [4.78, 5) is 24.8. The molecule has 0 radical (unpaired) electrons. The Morgan fingerprint density at radius 1 is 1.14 bits per heavy atom. The largest absolute Gasteiger partial charge is 0.326 e. The molecule has 1 aromatic heterocycles. The van der Waals surface area contributed by atoms with Crippen LogP contribution < -0.4 is 5.32 Å². The Kier molecular flexibility index (Phi) is 5.50. The number of hydrogen-bond donors (Lipinski definition) is 1. The van der Waals surface area contributed by atoms with Gasteiger partial charge in [0.2, 0.25) is 5.91 Å². The van der Waals surface area contributed by atoms with Crippen molar-refractivity contribution in [3.8, 4) is 0 Å². The van der Waals surface area contributed by atoms with Crippen LogP contribution in [0.2, 0.25) is 0 Å². The number of carbonyl (C=O) groups is 2. The van der Waals surface area contributed by atoms with E-state index in [-0.39, 0.29) is 24.5 Å². The Labute approximate surface area is 135 Å². The number of hydrogen-bond acceptors (Lipinski definition) is 3. The molecule has 0 spiro atoms. The van der Waals surface area contributed by atoms with Gasteiger partial charge in [-0.2, -0.15) is 0 Å². The van der Waals surface area contributed by atoms with Gasteiger partial charge in [-0.05, 0) is 35.4 Å². The number of thiophene rings is 1. The molecule has 2 aromatic rings. The molecule has 0 saturated carbocycles. The number of anilines is 1. The van der Waals surface area contributed by atoms with Gasteiger partial charge in [0.05, 0.1) is 4.88 Å². The predicted octanol–water partition coefficient (Wildman–Crippen LogP) is 4.78. The molecule has 0 unspecified atom stereocenters. The Bertz CT molecular complexity index is 660. The van der Waals surface area contributed by atoms with Gasteiger partial charge in [0.25, 0.3) is 0 Å². The standard InChI is InChI=1S/C18H21NO2S/c1-12(2)14-7-4-6-13(3)18(14)19-17(21)10-9-15(20)16-8-5-11-22-16/h4-8,11-12H,9-10H2,1-3H3,(H,19,21). The van der Waals surface area contributed by atoms with Gasteiger partial charge < -0.3 is 5.32 Å². The summed E-state index contributed by atoms with van der Waals surface area (Å²) >= 11 is 1.41.